The number of hydrogen-bond donors (Lipinski definition) is 1. The van der Waals surface area contributed by atoms with Crippen LogP contribution in [-0.2, 0) is 31.0 Å². The third-order valence-electron chi connectivity index (χ3n) is 3.64. The fourth-order valence-electron chi connectivity index (χ4n) is 2.41. The van der Waals surface area contributed by atoms with Crippen molar-refractivity contribution in [2.45, 2.75) is 32.5 Å². The minimum atomic E-state index is -0.300. The van der Waals surface area contributed by atoms with Gasteiger partial charge in [0.1, 0.15) is 12.4 Å². The van der Waals surface area contributed by atoms with E-state index in [2.05, 4.69) is 20.1 Å². The Kier molecular flexibility index (Phi) is 4.34. The van der Waals surface area contributed by atoms with Crippen LogP contribution in [-0.4, -0.2) is 32.9 Å². The van der Waals surface area contributed by atoms with E-state index in [-0.39, 0.29) is 6.03 Å². The second-order valence-electron chi connectivity index (χ2n) is 5.20. The lowest BCUT2D eigenvalue weighted by Gasteiger charge is -2.17. The molecule has 1 aliphatic rings. The second-order valence-corrected chi connectivity index (χ2v) is 5.20. The Hall–Kier alpha value is -2.41. The van der Waals surface area contributed by atoms with E-state index in [9.17, 15) is 4.79 Å². The topological polar surface area (TPSA) is 72.3 Å². The Morgan fingerprint density at radius 1 is 1.36 bits per heavy atom. The molecule has 116 valence electrons. The fraction of sp³-hybridized carbons (Fsp3) is 0.400. The Labute approximate surface area is 128 Å². The van der Waals surface area contributed by atoms with Gasteiger partial charge < -0.3 is 9.88 Å². The summed E-state index contributed by atoms with van der Waals surface area (Å²) < 4.78 is 2.06. The van der Waals surface area contributed by atoms with Crippen LogP contribution in [0.3, 0.4) is 0 Å². The number of carbonyl (C=O) groups is 1. The molecule has 0 spiro atoms. The van der Waals surface area contributed by atoms with Gasteiger partial charge in [-0.05, 0) is 12.0 Å². The number of urea groups is 1. The number of nitrogens with zero attached hydrogens (tertiary/aromatic N) is 4. The maximum Gasteiger partial charge on any atom is 0.341 e. The number of aryl methyl sites for hydroxylation is 1. The summed E-state index contributed by atoms with van der Waals surface area (Å²) in [4.78, 5) is 17.4. The first-order valence-electron chi connectivity index (χ1n) is 7.33. The predicted octanol–water partition coefficient (Wildman–Crippen LogP) is 1.50. The van der Waals surface area contributed by atoms with Gasteiger partial charge in [0, 0.05) is 20.0 Å². The third-order valence-corrected chi connectivity index (χ3v) is 3.64. The van der Waals surface area contributed by atoms with Gasteiger partial charge in [0.2, 0.25) is 0 Å². The van der Waals surface area contributed by atoms with Crippen molar-refractivity contribution in [1.82, 2.24) is 25.1 Å². The largest absolute Gasteiger partial charge is 0.341 e. The highest BCUT2D eigenvalue weighted by Crippen LogP contribution is 2.13. The zero-order valence-electron chi connectivity index (χ0n) is 12.5. The molecule has 0 unspecified atom stereocenters. The maximum atomic E-state index is 12.0. The lowest BCUT2D eigenvalue weighted by atomic mass is 10.2. The summed E-state index contributed by atoms with van der Waals surface area (Å²) in [7, 11) is 1.59. The van der Waals surface area contributed by atoms with Crippen molar-refractivity contribution >= 4 is 6.03 Å². The number of carbonyl (C=O) groups excluding carboxylic acids is 1. The monoisotopic (exact) mass is 301 g/mol. The molecular formula is C15H19N5O2. The first-order chi connectivity index (χ1) is 10.7. The van der Waals surface area contributed by atoms with E-state index in [1.54, 1.807) is 7.05 Å². The van der Waals surface area contributed by atoms with Crippen LogP contribution in [0.25, 0.3) is 0 Å². The van der Waals surface area contributed by atoms with Crippen molar-refractivity contribution < 1.29 is 9.63 Å². The molecule has 3 rings (SSSR count). The number of nitrogens with one attached hydrogen (secondary N) is 1. The Morgan fingerprint density at radius 2 is 2.18 bits per heavy atom. The summed E-state index contributed by atoms with van der Waals surface area (Å²) in [6, 6.07) is 9.41. The summed E-state index contributed by atoms with van der Waals surface area (Å²) in [6.07, 6.45) is 2.05. The van der Waals surface area contributed by atoms with Gasteiger partial charge in [0.05, 0.1) is 6.54 Å². The quantitative estimate of drug-likeness (QED) is 0.849. The van der Waals surface area contributed by atoms with Crippen LogP contribution in [0.15, 0.2) is 30.3 Å². The number of hydrogen-bond acceptors (Lipinski definition) is 4. The molecule has 2 amide bonds. The molecule has 0 saturated heterocycles. The highest BCUT2D eigenvalue weighted by atomic mass is 16.7. The minimum Gasteiger partial charge on any atom is -0.329 e. The molecule has 0 bridgehead atoms. The smallest absolute Gasteiger partial charge is 0.329 e. The van der Waals surface area contributed by atoms with Crippen LogP contribution in [0.5, 0.6) is 0 Å². The van der Waals surface area contributed by atoms with Crippen molar-refractivity contribution in [3.05, 3.63) is 47.5 Å². The Bertz CT molecular complexity index is 641. The van der Waals surface area contributed by atoms with Gasteiger partial charge in [0.15, 0.2) is 5.82 Å². The first kappa shape index (κ1) is 14.5. The zero-order valence-corrected chi connectivity index (χ0v) is 12.5. The molecule has 0 aliphatic carbocycles. The van der Waals surface area contributed by atoms with Crippen molar-refractivity contribution in [2.24, 2.45) is 0 Å². The summed E-state index contributed by atoms with van der Waals surface area (Å²) in [5.41, 5.74) is 1.01. The summed E-state index contributed by atoms with van der Waals surface area (Å²) in [5, 5.41) is 12.2. The number of rotatable bonds is 5. The molecule has 1 aliphatic heterocycles. The van der Waals surface area contributed by atoms with Crippen molar-refractivity contribution in [1.29, 1.82) is 0 Å². The van der Waals surface area contributed by atoms with Crippen molar-refractivity contribution in [2.75, 3.05) is 7.05 Å². The summed E-state index contributed by atoms with van der Waals surface area (Å²) in [6.45, 7) is 1.63. The summed E-state index contributed by atoms with van der Waals surface area (Å²) in [5.74, 6) is 1.79. The molecule has 2 heterocycles. The van der Waals surface area contributed by atoms with E-state index < -0.39 is 0 Å². The van der Waals surface area contributed by atoms with Crippen LogP contribution in [0, 0.1) is 0 Å². The van der Waals surface area contributed by atoms with Gasteiger partial charge in [-0.3, -0.25) is 4.84 Å². The van der Waals surface area contributed by atoms with Gasteiger partial charge >= 0.3 is 6.03 Å². The average Bonchev–Trinajstić information content (AvgIpc) is 3.15. The second kappa shape index (κ2) is 6.57. The first-order valence-corrected chi connectivity index (χ1v) is 7.33. The molecule has 1 aromatic carbocycles. The Morgan fingerprint density at radius 3 is 3.00 bits per heavy atom. The fourth-order valence-corrected chi connectivity index (χ4v) is 2.41. The van der Waals surface area contributed by atoms with E-state index in [1.165, 1.54) is 5.06 Å². The molecular weight excluding hydrogens is 282 g/mol. The van der Waals surface area contributed by atoms with E-state index in [4.69, 9.17) is 4.84 Å². The maximum absolute atomic E-state index is 12.0. The van der Waals surface area contributed by atoms with Crippen LogP contribution >= 0.6 is 0 Å². The summed E-state index contributed by atoms with van der Waals surface area (Å²) >= 11 is 0. The molecule has 0 saturated carbocycles. The van der Waals surface area contributed by atoms with Gasteiger partial charge in [-0.25, -0.2) is 9.86 Å². The molecule has 0 radical (unpaired) electrons. The highest BCUT2D eigenvalue weighted by Gasteiger charge is 2.18. The van der Waals surface area contributed by atoms with E-state index >= 15 is 0 Å². The minimum absolute atomic E-state index is 0.300. The van der Waals surface area contributed by atoms with E-state index in [0.717, 1.165) is 36.6 Å². The lowest BCUT2D eigenvalue weighted by Crippen LogP contribution is -2.37. The van der Waals surface area contributed by atoms with Crippen LogP contribution in [0.1, 0.15) is 23.6 Å². The van der Waals surface area contributed by atoms with Crippen molar-refractivity contribution in [3.63, 3.8) is 0 Å². The molecule has 1 aromatic heterocycles. The lowest BCUT2D eigenvalue weighted by molar-refractivity contribution is -0.109. The number of benzene rings is 1. The number of fused-ring (bicyclic) bond motifs is 1. The number of aromatic nitrogens is 3. The van der Waals surface area contributed by atoms with Gasteiger partial charge in [-0.2, -0.15) is 0 Å². The van der Waals surface area contributed by atoms with Crippen LogP contribution in [0.4, 0.5) is 4.79 Å². The van der Waals surface area contributed by atoms with Gasteiger partial charge in [-0.15, -0.1) is 10.2 Å². The Balaban J connectivity index is 1.47. The van der Waals surface area contributed by atoms with Crippen LogP contribution in [0.2, 0.25) is 0 Å². The highest BCUT2D eigenvalue weighted by molar-refractivity contribution is 5.72. The molecule has 2 aromatic rings. The molecule has 0 atom stereocenters. The molecule has 1 N–H and O–H groups in total. The predicted molar refractivity (Wildman–Crippen MR) is 79.6 cm³/mol. The number of hydroxylamine groups is 2. The van der Waals surface area contributed by atoms with Gasteiger partial charge in [-0.1, -0.05) is 30.3 Å². The normalized spacial score (nSPS) is 13.0. The van der Waals surface area contributed by atoms with E-state index in [0.29, 0.717) is 13.2 Å². The molecule has 22 heavy (non-hydrogen) atoms. The molecule has 7 nitrogen and oxygen atoms in total. The zero-order chi connectivity index (χ0) is 15.4. The standard InChI is InChI=1S/C15H19N5O2/c1-19(22-11-12-6-3-2-4-7-12)15(21)16-10-14-18-17-13-8-5-9-20(13)14/h2-4,6-7H,5,8-11H2,1H3,(H,16,21). The molecule has 7 heteroatoms. The van der Waals surface area contributed by atoms with Gasteiger partial charge in [0.25, 0.3) is 0 Å². The van der Waals surface area contributed by atoms with Crippen LogP contribution < -0.4 is 5.32 Å². The van der Waals surface area contributed by atoms with Crippen molar-refractivity contribution in [3.8, 4) is 0 Å². The average molecular weight is 301 g/mol. The molecule has 0 fully saturated rings. The third kappa shape index (κ3) is 3.25. The number of amides is 2. The van der Waals surface area contributed by atoms with E-state index in [1.807, 2.05) is 30.3 Å². The SMILES string of the molecule is CN(OCc1ccccc1)C(=O)NCc1nnc2n1CCC2.